The summed E-state index contributed by atoms with van der Waals surface area (Å²) in [7, 11) is 0. The third-order valence-electron chi connectivity index (χ3n) is 6.24. The normalized spacial score (nSPS) is 22.4. The van der Waals surface area contributed by atoms with Gasteiger partial charge in [-0.2, -0.15) is 0 Å². The predicted molar refractivity (Wildman–Crippen MR) is 116 cm³/mol. The van der Waals surface area contributed by atoms with E-state index in [0.29, 0.717) is 18.1 Å². The fraction of sp³-hybridized carbons (Fsp3) is 0.417. The second kappa shape index (κ2) is 7.35. The van der Waals surface area contributed by atoms with Gasteiger partial charge < -0.3 is 15.2 Å². The minimum atomic E-state index is -0.914. The Morgan fingerprint density at radius 1 is 1.23 bits per heavy atom. The van der Waals surface area contributed by atoms with E-state index in [0.717, 1.165) is 28.9 Å². The molecule has 2 aromatic rings. The molecule has 0 aliphatic carbocycles. The Kier molecular flexibility index (Phi) is 4.96. The van der Waals surface area contributed by atoms with Crippen LogP contribution >= 0.6 is 0 Å². The highest BCUT2D eigenvalue weighted by Gasteiger charge is 2.39. The molecule has 2 N–H and O–H groups in total. The molecule has 6 nitrogen and oxygen atoms in total. The van der Waals surface area contributed by atoms with E-state index in [1.807, 2.05) is 18.2 Å². The molecule has 1 fully saturated rings. The number of anilines is 2. The second-order valence-corrected chi connectivity index (χ2v) is 9.27. The molecule has 0 spiro atoms. The number of carboxylic acids is 1. The molecule has 4 rings (SSSR count). The van der Waals surface area contributed by atoms with E-state index in [9.17, 15) is 14.7 Å². The average Bonchev–Trinajstić information content (AvgIpc) is 3.08. The van der Waals surface area contributed by atoms with Crippen molar-refractivity contribution in [3.8, 4) is 0 Å². The third-order valence-corrected chi connectivity index (χ3v) is 6.24. The zero-order chi connectivity index (χ0) is 21.6. The fourth-order valence-electron chi connectivity index (χ4n) is 4.57. The Morgan fingerprint density at radius 3 is 2.70 bits per heavy atom. The summed E-state index contributed by atoms with van der Waals surface area (Å²) in [4.78, 5) is 25.5. The van der Waals surface area contributed by atoms with Crippen molar-refractivity contribution in [2.75, 3.05) is 16.8 Å². The van der Waals surface area contributed by atoms with Gasteiger partial charge in [0.25, 0.3) is 0 Å². The summed E-state index contributed by atoms with van der Waals surface area (Å²) in [5.74, 6) is -0.623. The molecular weight excluding hydrogens is 380 g/mol. The van der Waals surface area contributed by atoms with Crippen molar-refractivity contribution in [1.82, 2.24) is 0 Å². The molecule has 2 atom stereocenters. The van der Waals surface area contributed by atoms with Gasteiger partial charge in [-0.1, -0.05) is 39.8 Å². The maximum atomic E-state index is 12.4. The van der Waals surface area contributed by atoms with E-state index in [-0.39, 0.29) is 23.6 Å². The molecule has 2 heterocycles. The van der Waals surface area contributed by atoms with Crippen LogP contribution in [0.2, 0.25) is 0 Å². The topological polar surface area (TPSA) is 78.9 Å². The molecule has 0 aromatic heterocycles. The van der Waals surface area contributed by atoms with Gasteiger partial charge in [-0.05, 0) is 59.2 Å². The summed E-state index contributed by atoms with van der Waals surface area (Å²) in [5, 5.41) is 12.9. The zero-order valence-electron chi connectivity index (χ0n) is 17.8. The largest absolute Gasteiger partial charge is 0.478 e. The number of hydrogen-bond donors (Lipinski definition) is 2. The lowest BCUT2D eigenvalue weighted by Gasteiger charge is -2.41. The van der Waals surface area contributed by atoms with Crippen molar-refractivity contribution < 1.29 is 19.4 Å². The monoisotopic (exact) mass is 408 g/mol. The van der Waals surface area contributed by atoms with E-state index in [1.165, 1.54) is 0 Å². The number of cyclic esters (lactones) is 1. The number of benzene rings is 2. The van der Waals surface area contributed by atoms with Crippen molar-refractivity contribution in [1.29, 1.82) is 0 Å². The molecule has 1 unspecified atom stereocenters. The van der Waals surface area contributed by atoms with Crippen LogP contribution in [-0.2, 0) is 11.2 Å². The highest BCUT2D eigenvalue weighted by Crippen LogP contribution is 2.45. The average molecular weight is 408 g/mol. The van der Waals surface area contributed by atoms with E-state index < -0.39 is 5.97 Å². The smallest absolute Gasteiger partial charge is 0.414 e. The van der Waals surface area contributed by atoms with E-state index >= 15 is 0 Å². The SMILES string of the molecule is CC(C)[C@@H]1COC(=O)N1c1cccc(C2Nc3ccc(C(=O)O)cc3CC2(C)C)c1. The second-order valence-electron chi connectivity index (χ2n) is 9.27. The van der Waals surface area contributed by atoms with Crippen LogP contribution in [0.5, 0.6) is 0 Å². The van der Waals surface area contributed by atoms with Gasteiger partial charge in [-0.25, -0.2) is 9.59 Å². The number of carbonyl (C=O) groups is 2. The van der Waals surface area contributed by atoms with Crippen molar-refractivity contribution in [2.45, 2.75) is 46.2 Å². The molecule has 0 saturated carbocycles. The number of ether oxygens (including phenoxy) is 1. The first-order valence-corrected chi connectivity index (χ1v) is 10.4. The van der Waals surface area contributed by atoms with Crippen LogP contribution in [0.3, 0.4) is 0 Å². The van der Waals surface area contributed by atoms with E-state index in [4.69, 9.17) is 4.74 Å². The summed E-state index contributed by atoms with van der Waals surface area (Å²) >= 11 is 0. The number of carbonyl (C=O) groups excluding carboxylic acids is 1. The van der Waals surface area contributed by atoms with Crippen LogP contribution in [0.1, 0.15) is 55.2 Å². The molecule has 1 amide bonds. The lowest BCUT2D eigenvalue weighted by molar-refractivity contribution is 0.0696. The van der Waals surface area contributed by atoms with E-state index in [1.54, 1.807) is 17.0 Å². The highest BCUT2D eigenvalue weighted by atomic mass is 16.6. The number of carboxylic acid groups (broad SMARTS) is 1. The van der Waals surface area contributed by atoms with Gasteiger partial charge in [-0.15, -0.1) is 0 Å². The summed E-state index contributed by atoms with van der Waals surface area (Å²) in [6.07, 6.45) is 0.458. The fourth-order valence-corrected chi connectivity index (χ4v) is 4.57. The Bertz CT molecular complexity index is 998. The zero-order valence-corrected chi connectivity index (χ0v) is 17.8. The maximum absolute atomic E-state index is 12.4. The van der Waals surface area contributed by atoms with Gasteiger partial charge in [0, 0.05) is 11.4 Å². The van der Waals surface area contributed by atoms with Gasteiger partial charge >= 0.3 is 12.1 Å². The van der Waals surface area contributed by atoms with Crippen LogP contribution in [-0.4, -0.2) is 29.8 Å². The van der Waals surface area contributed by atoms with Crippen molar-refractivity contribution in [2.24, 2.45) is 11.3 Å². The van der Waals surface area contributed by atoms with Crippen molar-refractivity contribution >= 4 is 23.4 Å². The summed E-state index contributed by atoms with van der Waals surface area (Å²) in [6, 6.07) is 13.4. The molecule has 2 aliphatic heterocycles. The van der Waals surface area contributed by atoms with Gasteiger partial charge in [0.15, 0.2) is 0 Å². The lowest BCUT2D eigenvalue weighted by atomic mass is 9.72. The van der Waals surface area contributed by atoms with Crippen LogP contribution in [0, 0.1) is 11.3 Å². The standard InChI is InChI=1S/C24H28N2O4/c1-14(2)20-13-30-23(29)26(20)18-7-5-6-15(11-18)21-24(3,4)12-17-10-16(22(27)28)8-9-19(17)25-21/h5-11,14,20-21,25H,12-13H2,1-4H3,(H,27,28)/t20-,21?/m0/s1. The quantitative estimate of drug-likeness (QED) is 0.736. The van der Waals surface area contributed by atoms with Gasteiger partial charge in [0.2, 0.25) is 0 Å². The minimum Gasteiger partial charge on any atom is -0.478 e. The first-order valence-electron chi connectivity index (χ1n) is 10.4. The summed E-state index contributed by atoms with van der Waals surface area (Å²) < 4.78 is 5.32. The Morgan fingerprint density at radius 2 is 2.00 bits per heavy atom. The number of nitrogens with zero attached hydrogens (tertiary/aromatic N) is 1. The molecule has 0 bridgehead atoms. The maximum Gasteiger partial charge on any atom is 0.414 e. The number of hydrogen-bond acceptors (Lipinski definition) is 4. The van der Waals surface area contributed by atoms with E-state index in [2.05, 4.69) is 45.1 Å². The highest BCUT2D eigenvalue weighted by molar-refractivity contribution is 5.90. The molecule has 2 aromatic carbocycles. The number of aromatic carboxylic acids is 1. The van der Waals surface area contributed by atoms with Crippen molar-refractivity contribution in [3.63, 3.8) is 0 Å². The minimum absolute atomic E-state index is 0.0234. The molecule has 158 valence electrons. The summed E-state index contributed by atoms with van der Waals surface area (Å²) in [5.41, 5.74) is 4.06. The molecule has 2 aliphatic rings. The molecule has 6 heteroatoms. The predicted octanol–water partition coefficient (Wildman–Crippen LogP) is 5.10. The van der Waals surface area contributed by atoms with Crippen molar-refractivity contribution in [3.05, 3.63) is 59.2 Å². The van der Waals surface area contributed by atoms with Gasteiger partial charge in [0.05, 0.1) is 17.6 Å². The van der Waals surface area contributed by atoms with Gasteiger partial charge in [0.1, 0.15) is 6.61 Å². The third kappa shape index (κ3) is 3.51. The Labute approximate surface area is 176 Å². The van der Waals surface area contributed by atoms with Gasteiger partial charge in [-0.3, -0.25) is 4.90 Å². The number of amides is 1. The molecule has 30 heavy (non-hydrogen) atoms. The number of nitrogens with one attached hydrogen (secondary N) is 1. The first kappa shape index (κ1) is 20.3. The van der Waals surface area contributed by atoms with Crippen LogP contribution in [0.15, 0.2) is 42.5 Å². The Balaban J connectivity index is 1.68. The van der Waals surface area contributed by atoms with Crippen LogP contribution in [0.25, 0.3) is 0 Å². The van der Waals surface area contributed by atoms with Crippen LogP contribution in [0.4, 0.5) is 16.2 Å². The summed E-state index contributed by atoms with van der Waals surface area (Å²) in [6.45, 7) is 8.95. The van der Waals surface area contributed by atoms with Crippen LogP contribution < -0.4 is 10.2 Å². The molecule has 0 radical (unpaired) electrons. The first-order chi connectivity index (χ1) is 14.2. The number of fused-ring (bicyclic) bond motifs is 1. The number of rotatable bonds is 4. The molecule has 1 saturated heterocycles. The molecular formula is C24H28N2O4. The Hall–Kier alpha value is -3.02. The lowest BCUT2D eigenvalue weighted by Crippen LogP contribution is -2.38.